The summed E-state index contributed by atoms with van der Waals surface area (Å²) in [5.41, 5.74) is 1.02. The summed E-state index contributed by atoms with van der Waals surface area (Å²) in [6, 6.07) is 15.1. The summed E-state index contributed by atoms with van der Waals surface area (Å²) >= 11 is 5.99. The van der Waals surface area contributed by atoms with Crippen LogP contribution in [0.25, 0.3) is 11.0 Å². The number of aromatic nitrogens is 2. The number of carbonyl (C=O) groups excluding carboxylic acids is 1. The molecule has 158 valence electrons. The Morgan fingerprint density at radius 2 is 2.03 bits per heavy atom. The molecule has 1 aromatic heterocycles. The van der Waals surface area contributed by atoms with Crippen molar-refractivity contribution in [2.24, 2.45) is 0 Å². The van der Waals surface area contributed by atoms with Crippen molar-refractivity contribution >= 4 is 28.5 Å². The second-order valence-electron chi connectivity index (χ2n) is 7.88. The molecular weight excluding hydrogens is 402 g/mol. The van der Waals surface area contributed by atoms with Gasteiger partial charge in [-0.15, -0.1) is 0 Å². The predicted molar refractivity (Wildman–Crippen MR) is 117 cm³/mol. The molecule has 1 atom stereocenters. The molecule has 1 fully saturated rings. The molecule has 4 rings (SSSR count). The minimum atomic E-state index is -0.947. The summed E-state index contributed by atoms with van der Waals surface area (Å²) in [4.78, 5) is 19.0. The normalized spacial score (nSPS) is 19.6. The number of likely N-dealkylation sites (tertiary alicyclic amines) is 1. The first-order valence-electron chi connectivity index (χ1n) is 10.3. The van der Waals surface area contributed by atoms with Crippen LogP contribution in [0, 0.1) is 0 Å². The Labute approximate surface area is 181 Å². The van der Waals surface area contributed by atoms with E-state index in [0.29, 0.717) is 49.7 Å². The minimum Gasteiger partial charge on any atom is -0.491 e. The average molecular weight is 428 g/mol. The summed E-state index contributed by atoms with van der Waals surface area (Å²) in [6.45, 7) is 1.97. The van der Waals surface area contributed by atoms with Crippen LogP contribution in [0.5, 0.6) is 5.75 Å². The van der Waals surface area contributed by atoms with Gasteiger partial charge in [0.15, 0.2) is 0 Å². The lowest BCUT2D eigenvalue weighted by molar-refractivity contribution is -0.131. The predicted octanol–water partition coefficient (Wildman–Crippen LogP) is 3.90. The van der Waals surface area contributed by atoms with Gasteiger partial charge in [0.1, 0.15) is 18.0 Å². The van der Waals surface area contributed by atoms with Crippen LogP contribution in [0.3, 0.4) is 0 Å². The van der Waals surface area contributed by atoms with E-state index < -0.39 is 5.60 Å². The van der Waals surface area contributed by atoms with E-state index in [2.05, 4.69) is 4.98 Å². The van der Waals surface area contributed by atoms with E-state index in [1.807, 2.05) is 45.9 Å². The van der Waals surface area contributed by atoms with E-state index in [9.17, 15) is 9.90 Å². The van der Waals surface area contributed by atoms with Crippen molar-refractivity contribution in [3.05, 3.63) is 59.9 Å². The monoisotopic (exact) mass is 427 g/mol. The summed E-state index contributed by atoms with van der Waals surface area (Å²) < 4.78 is 7.78. The fourth-order valence-corrected chi connectivity index (χ4v) is 4.09. The van der Waals surface area contributed by atoms with Crippen molar-refractivity contribution in [2.45, 2.75) is 37.8 Å². The molecule has 30 heavy (non-hydrogen) atoms. The number of rotatable bonds is 6. The molecule has 7 heteroatoms. The first-order valence-corrected chi connectivity index (χ1v) is 10.7. The van der Waals surface area contributed by atoms with Gasteiger partial charge >= 0.3 is 0 Å². The number of hydrogen-bond acceptors (Lipinski definition) is 4. The molecule has 3 aromatic rings. The van der Waals surface area contributed by atoms with Crippen molar-refractivity contribution in [3.8, 4) is 5.75 Å². The molecule has 2 aromatic carbocycles. The molecule has 0 bridgehead atoms. The largest absolute Gasteiger partial charge is 0.491 e. The van der Waals surface area contributed by atoms with E-state index in [0.717, 1.165) is 17.5 Å². The highest BCUT2D eigenvalue weighted by Crippen LogP contribution is 2.25. The molecule has 1 N–H and O–H groups in total. The summed E-state index contributed by atoms with van der Waals surface area (Å²) in [5, 5.41) is 11.6. The Morgan fingerprint density at radius 3 is 2.90 bits per heavy atom. The van der Waals surface area contributed by atoms with Gasteiger partial charge in [-0.25, -0.2) is 4.98 Å². The number of amides is 1. The highest BCUT2D eigenvalue weighted by molar-refractivity contribution is 6.30. The number of benzene rings is 2. The maximum absolute atomic E-state index is 12.8. The van der Waals surface area contributed by atoms with Gasteiger partial charge < -0.3 is 19.3 Å². The van der Waals surface area contributed by atoms with Gasteiger partial charge in [-0.1, -0.05) is 29.8 Å². The number of carbonyl (C=O) groups is 1. The Kier molecular flexibility index (Phi) is 6.25. The Hall–Kier alpha value is -2.57. The number of nitrogens with zero attached hydrogens (tertiary/aromatic N) is 3. The van der Waals surface area contributed by atoms with Crippen LogP contribution >= 0.6 is 11.6 Å². The molecular formula is C23H26ClN3O3. The van der Waals surface area contributed by atoms with Crippen LogP contribution in [0.1, 0.15) is 25.7 Å². The smallest absolute Gasteiger partial charge is 0.224 e. The molecule has 1 aliphatic heterocycles. The molecule has 0 spiro atoms. The lowest BCUT2D eigenvalue weighted by Crippen LogP contribution is -2.38. The summed E-state index contributed by atoms with van der Waals surface area (Å²) in [7, 11) is 0. The van der Waals surface area contributed by atoms with Crippen LogP contribution < -0.4 is 4.74 Å². The lowest BCUT2D eigenvalue weighted by Gasteiger charge is -2.27. The third-order valence-electron chi connectivity index (χ3n) is 5.67. The minimum absolute atomic E-state index is 0.104. The third kappa shape index (κ3) is 4.94. The Bertz CT molecular complexity index is 1020. The van der Waals surface area contributed by atoms with Gasteiger partial charge in [-0.05, 0) is 49.6 Å². The first kappa shape index (κ1) is 20.7. The van der Waals surface area contributed by atoms with Crippen LogP contribution in [0.2, 0.25) is 5.02 Å². The van der Waals surface area contributed by atoms with E-state index in [-0.39, 0.29) is 12.5 Å². The van der Waals surface area contributed by atoms with Gasteiger partial charge in [0.05, 0.1) is 17.4 Å². The van der Waals surface area contributed by atoms with Gasteiger partial charge in [-0.2, -0.15) is 0 Å². The van der Waals surface area contributed by atoms with Crippen molar-refractivity contribution in [1.29, 1.82) is 0 Å². The second-order valence-corrected chi connectivity index (χ2v) is 8.32. The molecule has 1 amide bonds. The number of hydrogen-bond donors (Lipinski definition) is 1. The first-order chi connectivity index (χ1) is 14.5. The van der Waals surface area contributed by atoms with Gasteiger partial charge in [0, 0.05) is 31.1 Å². The summed E-state index contributed by atoms with van der Waals surface area (Å²) in [5.74, 6) is 0.744. The van der Waals surface area contributed by atoms with Crippen LogP contribution in [-0.4, -0.2) is 50.8 Å². The van der Waals surface area contributed by atoms with E-state index in [4.69, 9.17) is 16.3 Å². The quantitative estimate of drug-likeness (QED) is 0.647. The van der Waals surface area contributed by atoms with E-state index in [1.165, 1.54) is 0 Å². The van der Waals surface area contributed by atoms with Crippen molar-refractivity contribution in [1.82, 2.24) is 14.5 Å². The Balaban J connectivity index is 1.30. The van der Waals surface area contributed by atoms with Crippen LogP contribution in [0.4, 0.5) is 0 Å². The molecule has 6 nitrogen and oxygen atoms in total. The van der Waals surface area contributed by atoms with Gasteiger partial charge in [0.25, 0.3) is 0 Å². The molecule has 0 saturated carbocycles. The molecule has 0 radical (unpaired) electrons. The zero-order valence-corrected chi connectivity index (χ0v) is 17.6. The number of fused-ring (bicyclic) bond motifs is 1. The van der Waals surface area contributed by atoms with Crippen molar-refractivity contribution in [3.63, 3.8) is 0 Å². The maximum Gasteiger partial charge on any atom is 0.224 e. The van der Waals surface area contributed by atoms with Crippen molar-refractivity contribution < 1.29 is 14.6 Å². The van der Waals surface area contributed by atoms with Crippen molar-refractivity contribution in [2.75, 3.05) is 19.7 Å². The topological polar surface area (TPSA) is 67.6 Å². The SMILES string of the molecule is O=C(CCn1cnc2ccccc21)N1CCCC(O)(COc2cccc(Cl)c2)CC1. The highest BCUT2D eigenvalue weighted by Gasteiger charge is 2.32. The molecule has 1 aliphatic rings. The number of aryl methyl sites for hydroxylation is 1. The average Bonchev–Trinajstić information content (AvgIpc) is 3.05. The Morgan fingerprint density at radius 1 is 1.17 bits per heavy atom. The number of imidazole rings is 1. The number of ether oxygens (including phenoxy) is 1. The van der Waals surface area contributed by atoms with E-state index in [1.54, 1.807) is 18.5 Å². The van der Waals surface area contributed by atoms with Crippen LogP contribution in [-0.2, 0) is 11.3 Å². The van der Waals surface area contributed by atoms with Crippen LogP contribution in [0.15, 0.2) is 54.9 Å². The lowest BCUT2D eigenvalue weighted by atomic mass is 9.96. The van der Waals surface area contributed by atoms with E-state index >= 15 is 0 Å². The highest BCUT2D eigenvalue weighted by atomic mass is 35.5. The number of aliphatic hydroxyl groups is 1. The third-order valence-corrected chi connectivity index (χ3v) is 5.90. The number of halogens is 1. The molecule has 1 saturated heterocycles. The summed E-state index contributed by atoms with van der Waals surface area (Å²) in [6.07, 6.45) is 4.04. The standard InChI is InChI=1S/C23H26ClN3O3/c24-18-5-3-6-19(15-18)30-16-23(29)10-4-12-26(14-11-23)22(28)9-13-27-17-25-20-7-1-2-8-21(20)27/h1-3,5-8,15,17,29H,4,9-14,16H2. The fourth-order valence-electron chi connectivity index (χ4n) is 3.91. The van der Waals surface area contributed by atoms with Gasteiger partial charge in [-0.3, -0.25) is 4.79 Å². The zero-order chi connectivity index (χ0) is 21.0. The maximum atomic E-state index is 12.8. The molecule has 0 aliphatic carbocycles. The molecule has 1 unspecified atom stereocenters. The molecule has 2 heterocycles. The second kappa shape index (κ2) is 9.06. The van der Waals surface area contributed by atoms with Gasteiger partial charge in [0.2, 0.25) is 5.91 Å². The zero-order valence-electron chi connectivity index (χ0n) is 16.8. The number of para-hydroxylation sites is 2. The fraction of sp³-hybridized carbons (Fsp3) is 0.391.